The van der Waals surface area contributed by atoms with Crippen LogP contribution in [-0.4, -0.2) is 20.5 Å². The van der Waals surface area contributed by atoms with Crippen molar-refractivity contribution in [1.82, 2.24) is 0 Å². The number of hydrogen-bond acceptors (Lipinski definition) is 3. The first-order valence-corrected chi connectivity index (χ1v) is 6.14. The molecule has 0 amide bonds. The molecule has 1 aromatic rings. The second kappa shape index (κ2) is 3.53. The minimum Gasteiger partial charge on any atom is -0.362 e. The molecule has 1 saturated heterocycles. The standard InChI is InChI=1S/C9H9ClO3S/c10-7-1-3-8(4-2-7)14(11,12)9-5-6-13-9/h1-4,9H,5-6H2. The van der Waals surface area contributed by atoms with E-state index in [1.54, 1.807) is 12.1 Å². The van der Waals surface area contributed by atoms with Gasteiger partial charge >= 0.3 is 0 Å². The predicted molar refractivity (Wildman–Crippen MR) is 53.0 cm³/mol. The van der Waals surface area contributed by atoms with Gasteiger partial charge in [-0.1, -0.05) is 11.6 Å². The van der Waals surface area contributed by atoms with E-state index in [0.717, 1.165) is 0 Å². The van der Waals surface area contributed by atoms with Gasteiger partial charge in [0.1, 0.15) is 0 Å². The lowest BCUT2D eigenvalue weighted by Crippen LogP contribution is -2.34. The molecule has 0 aromatic heterocycles. The number of hydrogen-bond donors (Lipinski definition) is 0. The Bertz CT molecular complexity index is 420. The smallest absolute Gasteiger partial charge is 0.205 e. The van der Waals surface area contributed by atoms with Crippen LogP contribution in [0.15, 0.2) is 29.2 Å². The highest BCUT2D eigenvalue weighted by molar-refractivity contribution is 7.92. The highest BCUT2D eigenvalue weighted by atomic mass is 35.5. The molecule has 1 atom stereocenters. The van der Waals surface area contributed by atoms with Crippen molar-refractivity contribution >= 4 is 21.4 Å². The third kappa shape index (κ3) is 1.65. The van der Waals surface area contributed by atoms with Crippen LogP contribution >= 0.6 is 11.6 Å². The fourth-order valence-corrected chi connectivity index (χ4v) is 2.86. The van der Waals surface area contributed by atoms with Gasteiger partial charge in [-0.2, -0.15) is 0 Å². The maximum atomic E-state index is 11.8. The van der Waals surface area contributed by atoms with Crippen LogP contribution in [0.3, 0.4) is 0 Å². The molecule has 1 heterocycles. The highest BCUT2D eigenvalue weighted by Crippen LogP contribution is 2.25. The molecule has 1 aliphatic heterocycles. The Hall–Kier alpha value is -0.580. The Labute approximate surface area is 87.6 Å². The summed E-state index contributed by atoms with van der Waals surface area (Å²) < 4.78 is 28.5. The summed E-state index contributed by atoms with van der Waals surface area (Å²) in [6.45, 7) is 0.525. The molecule has 0 N–H and O–H groups in total. The molecule has 1 aliphatic rings. The zero-order chi connectivity index (χ0) is 10.2. The van der Waals surface area contributed by atoms with Crippen molar-refractivity contribution in [2.24, 2.45) is 0 Å². The fraction of sp³-hybridized carbons (Fsp3) is 0.333. The van der Waals surface area contributed by atoms with E-state index in [2.05, 4.69) is 0 Å². The van der Waals surface area contributed by atoms with Crippen LogP contribution in [-0.2, 0) is 14.6 Å². The summed E-state index contributed by atoms with van der Waals surface area (Å²) in [6.07, 6.45) is 0.574. The summed E-state index contributed by atoms with van der Waals surface area (Å²) in [4.78, 5) is 0.270. The van der Waals surface area contributed by atoms with Gasteiger partial charge in [-0.25, -0.2) is 8.42 Å². The first-order valence-electron chi connectivity index (χ1n) is 4.22. The Balaban J connectivity index is 2.34. The first-order chi connectivity index (χ1) is 6.60. The molecule has 3 nitrogen and oxygen atoms in total. The predicted octanol–water partition coefficient (Wildman–Crippen LogP) is 1.86. The number of rotatable bonds is 2. The Morgan fingerprint density at radius 1 is 1.29 bits per heavy atom. The monoisotopic (exact) mass is 232 g/mol. The van der Waals surface area contributed by atoms with Crippen LogP contribution in [0.5, 0.6) is 0 Å². The van der Waals surface area contributed by atoms with Crippen LogP contribution in [0.2, 0.25) is 5.02 Å². The van der Waals surface area contributed by atoms with Crippen molar-refractivity contribution in [3.05, 3.63) is 29.3 Å². The fourth-order valence-electron chi connectivity index (χ4n) is 1.23. The van der Waals surface area contributed by atoms with E-state index >= 15 is 0 Å². The van der Waals surface area contributed by atoms with Gasteiger partial charge in [0.05, 0.1) is 11.5 Å². The van der Waals surface area contributed by atoms with E-state index in [4.69, 9.17) is 16.3 Å². The summed E-state index contributed by atoms with van der Waals surface area (Å²) in [7, 11) is -3.30. The zero-order valence-electron chi connectivity index (χ0n) is 7.31. The van der Waals surface area contributed by atoms with Crippen molar-refractivity contribution < 1.29 is 13.2 Å². The molecule has 2 rings (SSSR count). The van der Waals surface area contributed by atoms with Crippen molar-refractivity contribution in [3.8, 4) is 0 Å². The summed E-state index contributed by atoms with van der Waals surface area (Å²) >= 11 is 5.66. The topological polar surface area (TPSA) is 43.4 Å². The molecule has 76 valence electrons. The number of halogens is 1. The van der Waals surface area contributed by atoms with E-state index in [-0.39, 0.29) is 4.90 Å². The minimum atomic E-state index is -3.30. The van der Waals surface area contributed by atoms with Crippen molar-refractivity contribution in [3.63, 3.8) is 0 Å². The number of sulfone groups is 1. The van der Waals surface area contributed by atoms with E-state index in [1.807, 2.05) is 0 Å². The van der Waals surface area contributed by atoms with E-state index in [9.17, 15) is 8.42 Å². The third-order valence-corrected chi connectivity index (χ3v) is 4.39. The largest absolute Gasteiger partial charge is 0.362 e. The van der Waals surface area contributed by atoms with Gasteiger partial charge in [0.25, 0.3) is 0 Å². The molecule has 1 unspecified atom stereocenters. The average Bonchev–Trinajstić information content (AvgIpc) is 2.00. The van der Waals surface area contributed by atoms with Gasteiger partial charge in [0.15, 0.2) is 5.44 Å². The van der Waals surface area contributed by atoms with Crippen LogP contribution < -0.4 is 0 Å². The summed E-state index contributed by atoms with van der Waals surface area (Å²) in [5, 5.41) is 0.526. The maximum Gasteiger partial charge on any atom is 0.205 e. The lowest BCUT2D eigenvalue weighted by molar-refractivity contribution is 0.00316. The van der Waals surface area contributed by atoms with E-state index < -0.39 is 15.3 Å². The summed E-state index contributed by atoms with van der Waals surface area (Å²) in [5.41, 5.74) is -0.663. The van der Waals surface area contributed by atoms with Crippen LogP contribution in [0.25, 0.3) is 0 Å². The number of ether oxygens (including phenoxy) is 1. The molecule has 0 spiro atoms. The van der Waals surface area contributed by atoms with Gasteiger partial charge in [0, 0.05) is 11.4 Å². The van der Waals surface area contributed by atoms with Crippen LogP contribution in [0.4, 0.5) is 0 Å². The molecule has 0 aliphatic carbocycles. The van der Waals surface area contributed by atoms with Gasteiger partial charge in [-0.05, 0) is 24.3 Å². The quantitative estimate of drug-likeness (QED) is 0.782. The van der Waals surface area contributed by atoms with Gasteiger partial charge in [-0.3, -0.25) is 0 Å². The molecule has 5 heteroatoms. The molecule has 14 heavy (non-hydrogen) atoms. The molecule has 1 aromatic carbocycles. The molecule has 0 bridgehead atoms. The Kier molecular flexibility index (Phi) is 2.51. The molecule has 0 radical (unpaired) electrons. The zero-order valence-corrected chi connectivity index (χ0v) is 8.88. The second-order valence-electron chi connectivity index (χ2n) is 3.09. The van der Waals surface area contributed by atoms with Crippen molar-refractivity contribution in [2.75, 3.05) is 6.61 Å². The average molecular weight is 233 g/mol. The maximum absolute atomic E-state index is 11.8. The highest BCUT2D eigenvalue weighted by Gasteiger charge is 2.33. The first kappa shape index (κ1) is 9.96. The number of benzene rings is 1. The molecular formula is C9H9ClO3S. The Morgan fingerprint density at radius 2 is 1.86 bits per heavy atom. The summed E-state index contributed by atoms with van der Waals surface area (Å²) in [5.74, 6) is 0. The third-order valence-electron chi connectivity index (χ3n) is 2.15. The lowest BCUT2D eigenvalue weighted by Gasteiger charge is -2.25. The SMILES string of the molecule is O=S(=O)(c1ccc(Cl)cc1)C1CCO1. The molecule has 0 saturated carbocycles. The lowest BCUT2D eigenvalue weighted by atomic mass is 10.4. The summed E-state index contributed by atoms with van der Waals surface area (Å²) in [6, 6.07) is 6.12. The van der Waals surface area contributed by atoms with Crippen LogP contribution in [0.1, 0.15) is 6.42 Å². The molecular weight excluding hydrogens is 224 g/mol. The van der Waals surface area contributed by atoms with Gasteiger partial charge < -0.3 is 4.74 Å². The second-order valence-corrected chi connectivity index (χ2v) is 5.61. The normalized spacial score (nSPS) is 21.6. The van der Waals surface area contributed by atoms with Gasteiger partial charge in [-0.15, -0.1) is 0 Å². The van der Waals surface area contributed by atoms with Crippen LogP contribution in [0, 0.1) is 0 Å². The van der Waals surface area contributed by atoms with Crippen molar-refractivity contribution in [1.29, 1.82) is 0 Å². The van der Waals surface area contributed by atoms with Crippen molar-refractivity contribution in [2.45, 2.75) is 16.8 Å². The minimum absolute atomic E-state index is 0.270. The Morgan fingerprint density at radius 3 is 2.29 bits per heavy atom. The van der Waals surface area contributed by atoms with E-state index in [1.165, 1.54) is 12.1 Å². The van der Waals surface area contributed by atoms with E-state index in [0.29, 0.717) is 18.1 Å². The molecule has 1 fully saturated rings. The van der Waals surface area contributed by atoms with Gasteiger partial charge in [0.2, 0.25) is 9.84 Å².